The van der Waals surface area contributed by atoms with Gasteiger partial charge in [-0.2, -0.15) is 5.26 Å². The number of allylic oxidation sites excluding steroid dienone is 2. The number of halogens is 1. The topological polar surface area (TPSA) is 90.3 Å². The lowest BCUT2D eigenvalue weighted by Crippen LogP contribution is -2.35. The number of nitrogens with one attached hydrogen (secondary N) is 1. The molecule has 0 spiro atoms. The van der Waals surface area contributed by atoms with E-state index in [1.54, 1.807) is 19.1 Å². The maximum absolute atomic E-state index is 14.7. The fourth-order valence-corrected chi connectivity index (χ4v) is 4.65. The average Bonchev–Trinajstić information content (AvgIpc) is 3.28. The lowest BCUT2D eigenvalue weighted by Gasteiger charge is -2.26. The van der Waals surface area contributed by atoms with Crippen LogP contribution in [0.2, 0.25) is 0 Å². The van der Waals surface area contributed by atoms with E-state index in [0.717, 1.165) is 31.6 Å². The summed E-state index contributed by atoms with van der Waals surface area (Å²) in [4.78, 5) is 15.0. The molecule has 0 saturated carbocycles. The SMILES string of the molecule is CCS(=O)(=O)c1ccc([C@H](CC#N)NC(=O)C2CC=C(N3CCCC3)C=C2F)cc1. The third-order valence-electron chi connectivity index (χ3n) is 5.60. The van der Waals surface area contributed by atoms with Gasteiger partial charge in [0, 0.05) is 18.8 Å². The highest BCUT2D eigenvalue weighted by Crippen LogP contribution is 2.30. The molecular weight excluding hydrogens is 405 g/mol. The average molecular weight is 432 g/mol. The second-order valence-electron chi connectivity index (χ2n) is 7.54. The Morgan fingerprint density at radius 3 is 2.53 bits per heavy atom. The molecule has 6 nitrogen and oxygen atoms in total. The summed E-state index contributed by atoms with van der Waals surface area (Å²) >= 11 is 0. The molecule has 2 atom stereocenters. The predicted molar refractivity (Wildman–Crippen MR) is 111 cm³/mol. The number of nitrogens with zero attached hydrogens (tertiary/aromatic N) is 2. The zero-order chi connectivity index (χ0) is 21.7. The number of amides is 1. The number of rotatable bonds is 7. The van der Waals surface area contributed by atoms with Crippen molar-refractivity contribution in [3.63, 3.8) is 0 Å². The van der Waals surface area contributed by atoms with Crippen molar-refractivity contribution in [1.29, 1.82) is 5.26 Å². The fraction of sp³-hybridized carbons (Fsp3) is 0.455. The number of hydrogen-bond donors (Lipinski definition) is 1. The zero-order valence-corrected chi connectivity index (χ0v) is 17.8. The highest BCUT2D eigenvalue weighted by atomic mass is 32.2. The molecule has 1 aromatic rings. The zero-order valence-electron chi connectivity index (χ0n) is 17.0. The van der Waals surface area contributed by atoms with Gasteiger partial charge in [0.05, 0.1) is 35.1 Å². The van der Waals surface area contributed by atoms with Crippen molar-refractivity contribution < 1.29 is 17.6 Å². The van der Waals surface area contributed by atoms with Gasteiger partial charge in [-0.05, 0) is 43.0 Å². The molecule has 1 heterocycles. The van der Waals surface area contributed by atoms with Crippen LogP contribution in [0, 0.1) is 17.2 Å². The maximum Gasteiger partial charge on any atom is 0.230 e. The van der Waals surface area contributed by atoms with Gasteiger partial charge in [-0.3, -0.25) is 4.79 Å². The Morgan fingerprint density at radius 1 is 1.30 bits per heavy atom. The molecule has 8 heteroatoms. The first kappa shape index (κ1) is 22.0. The standard InChI is InChI=1S/C22H26FN3O3S/c1-2-30(28,29)18-8-5-16(6-9-18)21(11-12-24)25-22(27)19-10-7-17(15-20(19)23)26-13-3-4-14-26/h5-9,15,19,21H,2-4,10-11,13-14H2,1H3,(H,25,27)/t19?,21-/m0/s1. The van der Waals surface area contributed by atoms with Crippen LogP contribution in [-0.4, -0.2) is 38.1 Å². The molecule has 1 unspecified atom stereocenters. The van der Waals surface area contributed by atoms with Crippen molar-refractivity contribution in [2.75, 3.05) is 18.8 Å². The summed E-state index contributed by atoms with van der Waals surface area (Å²) < 4.78 is 38.6. The predicted octanol–water partition coefficient (Wildman–Crippen LogP) is 3.40. The summed E-state index contributed by atoms with van der Waals surface area (Å²) in [5, 5.41) is 11.9. The largest absolute Gasteiger partial charge is 0.372 e. The molecule has 0 aromatic heterocycles. The molecule has 3 rings (SSSR count). The van der Waals surface area contributed by atoms with Gasteiger partial charge in [-0.1, -0.05) is 25.1 Å². The summed E-state index contributed by atoms with van der Waals surface area (Å²) in [6.45, 7) is 3.37. The van der Waals surface area contributed by atoms with Gasteiger partial charge in [-0.15, -0.1) is 0 Å². The van der Waals surface area contributed by atoms with Crippen LogP contribution in [0.5, 0.6) is 0 Å². The van der Waals surface area contributed by atoms with Crippen LogP contribution in [0.4, 0.5) is 4.39 Å². The van der Waals surface area contributed by atoms with E-state index in [4.69, 9.17) is 5.26 Å². The van der Waals surface area contributed by atoms with E-state index in [-0.39, 0.29) is 23.5 Å². The van der Waals surface area contributed by atoms with Crippen molar-refractivity contribution in [3.8, 4) is 6.07 Å². The number of benzene rings is 1. The molecule has 30 heavy (non-hydrogen) atoms. The van der Waals surface area contributed by atoms with Gasteiger partial charge < -0.3 is 10.2 Å². The second kappa shape index (κ2) is 9.43. The lowest BCUT2D eigenvalue weighted by atomic mass is 9.95. The molecule has 160 valence electrons. The number of hydrogen-bond acceptors (Lipinski definition) is 5. The lowest BCUT2D eigenvalue weighted by molar-refractivity contribution is -0.125. The Kier molecular flexibility index (Phi) is 6.93. The minimum absolute atomic E-state index is 0.00145. The molecule has 2 aliphatic rings. The molecule has 1 fully saturated rings. The first-order valence-electron chi connectivity index (χ1n) is 10.2. The van der Waals surface area contributed by atoms with Gasteiger partial charge in [0.25, 0.3) is 0 Å². The van der Waals surface area contributed by atoms with E-state index in [9.17, 15) is 17.6 Å². The molecular formula is C22H26FN3O3S. The Hall–Kier alpha value is -2.66. The first-order valence-corrected chi connectivity index (χ1v) is 11.8. The monoisotopic (exact) mass is 431 g/mol. The van der Waals surface area contributed by atoms with E-state index < -0.39 is 33.5 Å². The van der Waals surface area contributed by atoms with Gasteiger partial charge in [0.2, 0.25) is 5.91 Å². The summed E-state index contributed by atoms with van der Waals surface area (Å²) in [6.07, 6.45) is 5.77. The number of carbonyl (C=O) groups is 1. The van der Waals surface area contributed by atoms with E-state index >= 15 is 0 Å². The number of carbonyl (C=O) groups excluding carboxylic acids is 1. The Morgan fingerprint density at radius 2 is 1.97 bits per heavy atom. The second-order valence-corrected chi connectivity index (χ2v) is 9.81. The van der Waals surface area contributed by atoms with Crippen molar-refractivity contribution in [3.05, 3.63) is 53.5 Å². The Labute approximate surface area is 177 Å². The number of nitriles is 1. The summed E-state index contributed by atoms with van der Waals surface area (Å²) in [6, 6.07) is 7.50. The van der Waals surface area contributed by atoms with Gasteiger partial charge >= 0.3 is 0 Å². The van der Waals surface area contributed by atoms with E-state index in [1.807, 2.05) is 12.1 Å². The highest BCUT2D eigenvalue weighted by Gasteiger charge is 2.29. The van der Waals surface area contributed by atoms with Crippen LogP contribution < -0.4 is 5.32 Å². The number of sulfone groups is 1. The Balaban J connectivity index is 1.70. The van der Waals surface area contributed by atoms with Crippen LogP contribution in [0.1, 0.15) is 44.2 Å². The van der Waals surface area contributed by atoms with E-state index in [0.29, 0.717) is 5.56 Å². The smallest absolute Gasteiger partial charge is 0.230 e. The van der Waals surface area contributed by atoms with E-state index in [1.165, 1.54) is 18.2 Å². The van der Waals surface area contributed by atoms with Crippen molar-refractivity contribution in [1.82, 2.24) is 10.2 Å². The number of likely N-dealkylation sites (tertiary alicyclic amines) is 1. The minimum atomic E-state index is -3.33. The van der Waals surface area contributed by atoms with Gasteiger partial charge in [-0.25, -0.2) is 12.8 Å². The van der Waals surface area contributed by atoms with Crippen molar-refractivity contribution in [2.45, 2.75) is 43.5 Å². The molecule has 1 saturated heterocycles. The minimum Gasteiger partial charge on any atom is -0.372 e. The molecule has 1 aliphatic heterocycles. The van der Waals surface area contributed by atoms with E-state index in [2.05, 4.69) is 10.2 Å². The van der Waals surface area contributed by atoms with Gasteiger partial charge in [0.15, 0.2) is 9.84 Å². The maximum atomic E-state index is 14.7. The normalized spacial score (nSPS) is 20.2. The quantitative estimate of drug-likeness (QED) is 0.715. The molecule has 0 bridgehead atoms. The summed E-state index contributed by atoms with van der Waals surface area (Å²) in [5.74, 6) is -1.88. The van der Waals surface area contributed by atoms with Gasteiger partial charge in [0.1, 0.15) is 5.83 Å². The van der Waals surface area contributed by atoms with Crippen LogP contribution in [0.25, 0.3) is 0 Å². The first-order chi connectivity index (χ1) is 14.4. The van der Waals surface area contributed by atoms with Crippen LogP contribution in [0.15, 0.2) is 52.8 Å². The molecule has 0 radical (unpaired) electrons. The molecule has 1 aromatic carbocycles. The summed E-state index contributed by atoms with van der Waals surface area (Å²) in [7, 11) is -3.33. The molecule has 1 amide bonds. The van der Waals surface area contributed by atoms with Crippen molar-refractivity contribution >= 4 is 15.7 Å². The third kappa shape index (κ3) is 4.90. The third-order valence-corrected chi connectivity index (χ3v) is 7.35. The van der Waals surface area contributed by atoms with Crippen LogP contribution in [0.3, 0.4) is 0 Å². The van der Waals surface area contributed by atoms with Crippen LogP contribution in [-0.2, 0) is 14.6 Å². The summed E-state index contributed by atoms with van der Waals surface area (Å²) in [5.41, 5.74) is 1.43. The molecule has 1 N–H and O–H groups in total. The van der Waals surface area contributed by atoms with Crippen LogP contribution >= 0.6 is 0 Å². The highest BCUT2D eigenvalue weighted by molar-refractivity contribution is 7.91. The Bertz CT molecular complexity index is 987. The fourth-order valence-electron chi connectivity index (χ4n) is 3.77. The molecule has 1 aliphatic carbocycles. The van der Waals surface area contributed by atoms with Crippen molar-refractivity contribution in [2.24, 2.45) is 5.92 Å².